The molecule has 0 fully saturated rings. The first-order valence-corrected chi connectivity index (χ1v) is 8.03. The van der Waals surface area contributed by atoms with Gasteiger partial charge in [-0.25, -0.2) is 0 Å². The minimum Gasteiger partial charge on any atom is -0.491 e. The van der Waals surface area contributed by atoms with E-state index in [1.54, 1.807) is 12.1 Å². The Morgan fingerprint density at radius 2 is 1.72 bits per heavy atom. The van der Waals surface area contributed by atoms with Crippen molar-refractivity contribution < 1.29 is 5.11 Å². The Labute approximate surface area is 147 Å². The van der Waals surface area contributed by atoms with E-state index in [4.69, 9.17) is 0 Å². The van der Waals surface area contributed by atoms with Crippen molar-refractivity contribution >= 4 is 33.4 Å². The molecule has 0 saturated heterocycles. The third-order valence-corrected chi connectivity index (χ3v) is 3.92. The third kappa shape index (κ3) is 4.25. The molecule has 25 heavy (non-hydrogen) atoms. The van der Waals surface area contributed by atoms with Gasteiger partial charge < -0.3 is 5.11 Å². The number of para-hydroxylation sites is 1. The maximum atomic E-state index is 9.90. The fourth-order valence-electron chi connectivity index (χ4n) is 1.82. The molecule has 0 amide bonds. The molecular weight excluding hydrogens is 336 g/mol. The number of hydrazone groups is 1. The number of nitrogens with one attached hydrogen (secondary N) is 1. The van der Waals surface area contributed by atoms with Crippen LogP contribution in [0, 0.1) is 11.3 Å². The van der Waals surface area contributed by atoms with Crippen LogP contribution in [0.1, 0.15) is 5.01 Å². The van der Waals surface area contributed by atoms with E-state index >= 15 is 0 Å². The second-order valence-electron chi connectivity index (χ2n) is 4.73. The maximum absolute atomic E-state index is 9.90. The van der Waals surface area contributed by atoms with Gasteiger partial charge in [-0.05, 0) is 24.3 Å². The smallest absolute Gasteiger partial charge is 0.251 e. The topological polar surface area (TPSA) is 106 Å². The van der Waals surface area contributed by atoms with Crippen LogP contribution in [0.15, 0.2) is 76.0 Å². The van der Waals surface area contributed by atoms with E-state index in [9.17, 15) is 10.4 Å². The highest BCUT2D eigenvalue weighted by Crippen LogP contribution is 2.34. The van der Waals surface area contributed by atoms with Gasteiger partial charge in [0, 0.05) is 0 Å². The lowest BCUT2D eigenvalue weighted by Crippen LogP contribution is -2.00. The van der Waals surface area contributed by atoms with Crippen LogP contribution in [0.5, 0.6) is 5.88 Å². The van der Waals surface area contributed by atoms with Crippen molar-refractivity contribution in [1.29, 1.82) is 5.26 Å². The fraction of sp³-hybridized carbons (Fsp3) is 0. The number of hydrogen-bond acceptors (Lipinski definition) is 8. The molecule has 0 saturated carbocycles. The quantitative estimate of drug-likeness (QED) is 0.399. The van der Waals surface area contributed by atoms with E-state index in [0.29, 0.717) is 5.69 Å². The van der Waals surface area contributed by atoms with Gasteiger partial charge in [0.2, 0.25) is 5.00 Å². The summed E-state index contributed by atoms with van der Waals surface area (Å²) in [7, 11) is 0. The second kappa shape index (κ2) is 7.81. The van der Waals surface area contributed by atoms with Crippen LogP contribution in [-0.2, 0) is 0 Å². The lowest BCUT2D eigenvalue weighted by molar-refractivity contribution is 0.458. The summed E-state index contributed by atoms with van der Waals surface area (Å²) in [5.41, 5.74) is 4.21. The molecule has 3 aromatic rings. The average molecular weight is 348 g/mol. The molecular formula is C17H12N6OS. The summed E-state index contributed by atoms with van der Waals surface area (Å²) >= 11 is 1.03. The van der Waals surface area contributed by atoms with Gasteiger partial charge in [0.25, 0.3) is 5.88 Å². The number of hydrogen-bond donors (Lipinski definition) is 2. The predicted molar refractivity (Wildman–Crippen MR) is 96.6 cm³/mol. The minimum absolute atomic E-state index is 0.0466. The van der Waals surface area contributed by atoms with Crippen molar-refractivity contribution in [2.24, 2.45) is 15.3 Å². The molecule has 0 radical (unpaired) electrons. The second-order valence-corrected chi connectivity index (χ2v) is 5.71. The molecule has 7 nitrogen and oxygen atoms in total. The molecule has 0 aliphatic carbocycles. The van der Waals surface area contributed by atoms with Crippen molar-refractivity contribution in [2.75, 3.05) is 5.43 Å². The van der Waals surface area contributed by atoms with Crippen molar-refractivity contribution in [3.63, 3.8) is 0 Å². The summed E-state index contributed by atoms with van der Waals surface area (Å²) in [4.78, 5) is 3.93. The van der Waals surface area contributed by atoms with E-state index in [-0.39, 0.29) is 21.6 Å². The Morgan fingerprint density at radius 3 is 2.40 bits per heavy atom. The van der Waals surface area contributed by atoms with Gasteiger partial charge >= 0.3 is 0 Å². The van der Waals surface area contributed by atoms with E-state index in [1.165, 1.54) is 0 Å². The number of aromatic hydroxyl groups is 1. The van der Waals surface area contributed by atoms with Crippen molar-refractivity contribution in [1.82, 2.24) is 4.98 Å². The Morgan fingerprint density at radius 1 is 1.04 bits per heavy atom. The molecule has 0 spiro atoms. The fourth-order valence-corrected chi connectivity index (χ4v) is 2.54. The first kappa shape index (κ1) is 16.3. The number of benzene rings is 2. The normalized spacial score (nSPS) is 11.4. The summed E-state index contributed by atoms with van der Waals surface area (Å²) in [5.74, 6) is -0.289. The van der Waals surface area contributed by atoms with E-state index in [2.05, 4.69) is 25.7 Å². The van der Waals surface area contributed by atoms with Gasteiger partial charge in [-0.15, -0.1) is 10.2 Å². The maximum Gasteiger partial charge on any atom is 0.251 e. The zero-order valence-corrected chi connectivity index (χ0v) is 13.7. The van der Waals surface area contributed by atoms with E-state index < -0.39 is 0 Å². The van der Waals surface area contributed by atoms with Gasteiger partial charge in [0.05, 0.1) is 11.4 Å². The minimum atomic E-state index is -0.289. The standard InChI is InChI=1S/C17H12N6OS/c18-11-14(22-20-12-7-3-1-4-8-12)16-19-15(24)17(25-16)23-21-13-9-5-2-6-10-13/h1-10,20,24H/b22-14+,23-21?. The van der Waals surface area contributed by atoms with Crippen LogP contribution in [0.3, 0.4) is 0 Å². The van der Waals surface area contributed by atoms with Gasteiger partial charge in [-0.1, -0.05) is 47.7 Å². The molecule has 0 bridgehead atoms. The van der Waals surface area contributed by atoms with Crippen molar-refractivity contribution in [2.45, 2.75) is 0 Å². The Kier molecular flexibility index (Phi) is 5.09. The molecule has 1 aromatic heterocycles. The Hall–Kier alpha value is -3.57. The molecule has 122 valence electrons. The SMILES string of the molecule is N#C/C(=N\Nc1ccccc1)c1nc(O)c(N=Nc2ccccc2)s1. The van der Waals surface area contributed by atoms with Crippen LogP contribution >= 0.6 is 11.3 Å². The molecule has 8 heteroatoms. The average Bonchev–Trinajstić information content (AvgIpc) is 3.03. The highest BCUT2D eigenvalue weighted by Gasteiger charge is 2.15. The number of nitriles is 1. The molecule has 0 aliphatic rings. The first-order chi connectivity index (χ1) is 12.3. The molecule has 1 heterocycles. The van der Waals surface area contributed by atoms with Crippen LogP contribution in [-0.4, -0.2) is 15.8 Å². The molecule has 2 N–H and O–H groups in total. The molecule has 0 unspecified atom stereocenters. The van der Waals surface area contributed by atoms with Crippen molar-refractivity contribution in [3.8, 4) is 11.9 Å². The summed E-state index contributed by atoms with van der Waals surface area (Å²) < 4.78 is 0. The summed E-state index contributed by atoms with van der Waals surface area (Å²) in [6.07, 6.45) is 0. The van der Waals surface area contributed by atoms with Gasteiger partial charge in [-0.2, -0.15) is 15.3 Å². The molecule has 0 aliphatic heterocycles. The Balaban J connectivity index is 1.80. The lowest BCUT2D eigenvalue weighted by Gasteiger charge is -1.98. The molecule has 3 rings (SSSR count). The number of nitrogens with zero attached hydrogens (tertiary/aromatic N) is 5. The van der Waals surface area contributed by atoms with Crippen LogP contribution < -0.4 is 5.43 Å². The molecule has 0 atom stereocenters. The number of aromatic nitrogens is 1. The summed E-state index contributed by atoms with van der Waals surface area (Å²) in [5, 5.41) is 31.7. The van der Waals surface area contributed by atoms with Crippen LogP contribution in [0.2, 0.25) is 0 Å². The van der Waals surface area contributed by atoms with E-state index in [1.807, 2.05) is 54.6 Å². The summed E-state index contributed by atoms with van der Waals surface area (Å²) in [6.45, 7) is 0. The Bertz CT molecular complexity index is 944. The highest BCUT2D eigenvalue weighted by molar-refractivity contribution is 7.17. The largest absolute Gasteiger partial charge is 0.491 e. The first-order valence-electron chi connectivity index (χ1n) is 7.22. The van der Waals surface area contributed by atoms with Crippen LogP contribution in [0.4, 0.5) is 16.4 Å². The highest BCUT2D eigenvalue weighted by atomic mass is 32.1. The van der Waals surface area contributed by atoms with Crippen molar-refractivity contribution in [3.05, 3.63) is 65.7 Å². The molecule has 2 aromatic carbocycles. The predicted octanol–water partition coefficient (Wildman–Crippen LogP) is 4.60. The summed E-state index contributed by atoms with van der Waals surface area (Å²) in [6, 6.07) is 20.3. The third-order valence-electron chi connectivity index (χ3n) is 2.98. The number of rotatable bonds is 5. The lowest BCUT2D eigenvalue weighted by atomic mass is 10.3. The van der Waals surface area contributed by atoms with Gasteiger partial charge in [0.15, 0.2) is 10.7 Å². The van der Waals surface area contributed by atoms with Crippen LogP contribution in [0.25, 0.3) is 0 Å². The zero-order chi connectivity index (χ0) is 17.5. The van der Waals surface area contributed by atoms with Gasteiger partial charge in [0.1, 0.15) is 6.07 Å². The monoisotopic (exact) mass is 348 g/mol. The van der Waals surface area contributed by atoms with Gasteiger partial charge in [-0.3, -0.25) is 5.43 Å². The number of azo groups is 1. The number of thiazole rings is 1. The van der Waals surface area contributed by atoms with E-state index in [0.717, 1.165) is 17.0 Å². The zero-order valence-electron chi connectivity index (χ0n) is 12.9. The number of anilines is 1.